The summed E-state index contributed by atoms with van der Waals surface area (Å²) in [6, 6.07) is 1.59. The Morgan fingerprint density at radius 1 is 1.38 bits per heavy atom. The van der Waals surface area contributed by atoms with Crippen LogP contribution in [-0.2, 0) is 25.8 Å². The molecular formula is C10H8F3NO6S. The van der Waals surface area contributed by atoms with Crippen molar-refractivity contribution < 1.29 is 36.0 Å². The number of carbonyl (C=O) groups excluding carboxylic acids is 1. The number of rotatable bonds is 4. The average Bonchev–Trinajstić information content (AvgIpc) is 2.37. The van der Waals surface area contributed by atoms with E-state index in [9.17, 15) is 36.5 Å². The number of esters is 1. The molecule has 11 heteroatoms. The van der Waals surface area contributed by atoms with Gasteiger partial charge in [-0.1, -0.05) is 6.07 Å². The van der Waals surface area contributed by atoms with E-state index in [1.807, 2.05) is 0 Å². The number of hydrogen-bond donors (Lipinski definition) is 0. The summed E-state index contributed by atoms with van der Waals surface area (Å²) in [7, 11) is -4.68. The van der Waals surface area contributed by atoms with Gasteiger partial charge in [0, 0.05) is 11.6 Å². The Bertz CT molecular complexity index is 683. The molecule has 0 aromatic heterocycles. The smallest absolute Gasteiger partial charge is 0.469 e. The summed E-state index contributed by atoms with van der Waals surface area (Å²) in [5, 5.41) is 10.8. The van der Waals surface area contributed by atoms with Crippen LogP contribution in [0.25, 0.3) is 0 Å². The van der Waals surface area contributed by atoms with E-state index in [0.717, 1.165) is 13.2 Å². The summed E-state index contributed by atoms with van der Waals surface area (Å²) in [4.78, 5) is 19.5. The van der Waals surface area contributed by atoms with Crippen molar-refractivity contribution in [3.8, 4) is 0 Å². The van der Waals surface area contributed by atoms with Crippen molar-refractivity contribution in [2.24, 2.45) is 0 Å². The van der Waals surface area contributed by atoms with Crippen LogP contribution in [0, 0.1) is 10.1 Å². The minimum Gasteiger partial charge on any atom is -0.469 e. The first kappa shape index (κ1) is 16.9. The number of sulfone groups is 1. The summed E-state index contributed by atoms with van der Waals surface area (Å²) in [6.07, 6.45) is -0.570. The van der Waals surface area contributed by atoms with E-state index in [0.29, 0.717) is 6.07 Å². The number of hydrogen-bond acceptors (Lipinski definition) is 6. The Labute approximate surface area is 116 Å². The van der Waals surface area contributed by atoms with Gasteiger partial charge in [-0.2, -0.15) is 13.2 Å². The molecule has 1 aromatic rings. The Morgan fingerprint density at radius 3 is 2.38 bits per heavy atom. The zero-order chi connectivity index (χ0) is 16.4. The molecule has 0 saturated carbocycles. The molecule has 116 valence electrons. The third-order valence-corrected chi connectivity index (χ3v) is 3.91. The summed E-state index contributed by atoms with van der Waals surface area (Å²) in [6.45, 7) is 0. The van der Waals surface area contributed by atoms with E-state index in [-0.39, 0.29) is 11.6 Å². The van der Waals surface area contributed by atoms with E-state index in [2.05, 4.69) is 4.74 Å². The molecule has 0 unspecified atom stereocenters. The lowest BCUT2D eigenvalue weighted by atomic mass is 10.1. The number of nitrogens with zero attached hydrogens (tertiary/aromatic N) is 1. The van der Waals surface area contributed by atoms with E-state index in [1.54, 1.807) is 0 Å². The summed E-state index contributed by atoms with van der Waals surface area (Å²) in [5.41, 5.74) is -6.75. The highest BCUT2D eigenvalue weighted by Crippen LogP contribution is 2.33. The first-order chi connectivity index (χ1) is 9.50. The number of alkyl halides is 3. The lowest BCUT2D eigenvalue weighted by Gasteiger charge is -2.09. The first-order valence-corrected chi connectivity index (χ1v) is 6.64. The van der Waals surface area contributed by atoms with Crippen molar-refractivity contribution in [1.29, 1.82) is 0 Å². The minimum absolute atomic E-state index is 0.257. The normalized spacial score (nSPS) is 12.0. The van der Waals surface area contributed by atoms with Gasteiger partial charge in [0.2, 0.25) is 0 Å². The molecule has 1 rings (SSSR count). The zero-order valence-corrected chi connectivity index (χ0v) is 11.2. The fraction of sp³-hybridized carbons (Fsp3) is 0.300. The lowest BCUT2D eigenvalue weighted by Crippen LogP contribution is -2.23. The number of carbonyl (C=O) groups is 1. The van der Waals surface area contributed by atoms with Gasteiger partial charge in [-0.3, -0.25) is 14.9 Å². The monoisotopic (exact) mass is 327 g/mol. The van der Waals surface area contributed by atoms with Gasteiger partial charge < -0.3 is 4.74 Å². The molecule has 0 fully saturated rings. The number of nitro groups is 1. The zero-order valence-electron chi connectivity index (χ0n) is 10.4. The van der Waals surface area contributed by atoms with Gasteiger partial charge in [0.15, 0.2) is 0 Å². The molecule has 0 amide bonds. The third-order valence-electron chi connectivity index (χ3n) is 2.43. The predicted molar refractivity (Wildman–Crippen MR) is 62.1 cm³/mol. The second-order valence-corrected chi connectivity index (χ2v) is 5.69. The van der Waals surface area contributed by atoms with Gasteiger partial charge in [0.25, 0.3) is 15.5 Å². The fourth-order valence-corrected chi connectivity index (χ4v) is 2.17. The van der Waals surface area contributed by atoms with E-state index in [1.165, 1.54) is 0 Å². The van der Waals surface area contributed by atoms with Crippen LogP contribution in [0.5, 0.6) is 0 Å². The van der Waals surface area contributed by atoms with Crippen molar-refractivity contribution in [1.82, 2.24) is 0 Å². The molecular weight excluding hydrogens is 319 g/mol. The van der Waals surface area contributed by atoms with E-state index < -0.39 is 43.2 Å². The first-order valence-electron chi connectivity index (χ1n) is 5.16. The van der Waals surface area contributed by atoms with E-state index >= 15 is 0 Å². The molecule has 0 atom stereocenters. The number of benzene rings is 1. The Hall–Kier alpha value is -2.17. The molecule has 21 heavy (non-hydrogen) atoms. The van der Waals surface area contributed by atoms with Gasteiger partial charge in [-0.25, -0.2) is 8.42 Å². The topological polar surface area (TPSA) is 104 Å². The van der Waals surface area contributed by atoms with Gasteiger partial charge >= 0.3 is 11.5 Å². The average molecular weight is 327 g/mol. The van der Waals surface area contributed by atoms with Crippen molar-refractivity contribution in [2.75, 3.05) is 7.11 Å². The highest BCUT2D eigenvalue weighted by molar-refractivity contribution is 7.92. The highest BCUT2D eigenvalue weighted by atomic mass is 32.2. The van der Waals surface area contributed by atoms with Crippen LogP contribution in [0.4, 0.5) is 18.9 Å². The molecule has 0 heterocycles. The molecule has 0 spiro atoms. The Kier molecular flexibility index (Phi) is 4.56. The molecule has 0 bridgehead atoms. The second-order valence-electron chi connectivity index (χ2n) is 3.75. The van der Waals surface area contributed by atoms with E-state index in [4.69, 9.17) is 0 Å². The van der Waals surface area contributed by atoms with Crippen LogP contribution in [0.2, 0.25) is 0 Å². The van der Waals surface area contributed by atoms with Gasteiger partial charge in [0.05, 0.1) is 23.3 Å². The summed E-state index contributed by atoms with van der Waals surface area (Å²) < 4.78 is 63.8. The Morgan fingerprint density at radius 2 is 1.95 bits per heavy atom. The van der Waals surface area contributed by atoms with Gasteiger partial charge in [-0.05, 0) is 6.07 Å². The largest absolute Gasteiger partial charge is 0.501 e. The van der Waals surface area contributed by atoms with Gasteiger partial charge in [0.1, 0.15) is 0 Å². The number of nitro benzene ring substituents is 1. The van der Waals surface area contributed by atoms with Crippen LogP contribution < -0.4 is 0 Å². The molecule has 0 radical (unpaired) electrons. The van der Waals surface area contributed by atoms with Crippen molar-refractivity contribution in [3.05, 3.63) is 33.9 Å². The third kappa shape index (κ3) is 3.48. The fourth-order valence-electron chi connectivity index (χ4n) is 1.39. The van der Waals surface area contributed by atoms with Crippen LogP contribution in [0.1, 0.15) is 5.56 Å². The highest BCUT2D eigenvalue weighted by Gasteiger charge is 2.47. The number of halogens is 3. The predicted octanol–water partition coefficient (Wildman–Crippen LogP) is 1.60. The minimum atomic E-state index is -5.70. The van der Waals surface area contributed by atoms with Crippen molar-refractivity contribution in [2.45, 2.75) is 16.8 Å². The Balaban J connectivity index is 3.41. The molecule has 0 aliphatic rings. The van der Waals surface area contributed by atoms with Crippen LogP contribution in [-0.4, -0.2) is 31.9 Å². The maximum absolute atomic E-state index is 12.4. The van der Waals surface area contributed by atoms with Crippen LogP contribution in [0.3, 0.4) is 0 Å². The number of ether oxygens (including phenoxy) is 1. The molecule has 0 aliphatic heterocycles. The summed E-state index contributed by atoms with van der Waals surface area (Å²) in [5.74, 6) is -0.857. The maximum atomic E-state index is 12.4. The molecule has 1 aromatic carbocycles. The van der Waals surface area contributed by atoms with Crippen LogP contribution >= 0.6 is 0 Å². The lowest BCUT2D eigenvalue weighted by molar-refractivity contribution is -0.385. The van der Waals surface area contributed by atoms with Crippen molar-refractivity contribution >= 4 is 21.5 Å². The quantitative estimate of drug-likeness (QED) is 0.473. The molecule has 7 nitrogen and oxygen atoms in total. The SMILES string of the molecule is COC(=O)Cc1ccc(S(=O)(=O)C(F)(F)F)cc1[N+](=O)[O-]. The summed E-state index contributed by atoms with van der Waals surface area (Å²) >= 11 is 0. The van der Waals surface area contributed by atoms with Crippen LogP contribution in [0.15, 0.2) is 23.1 Å². The number of methoxy groups -OCH3 is 1. The van der Waals surface area contributed by atoms with Crippen molar-refractivity contribution in [3.63, 3.8) is 0 Å². The molecule has 0 aliphatic carbocycles. The molecule has 0 saturated heterocycles. The second kappa shape index (κ2) is 5.68. The van der Waals surface area contributed by atoms with Gasteiger partial charge in [-0.15, -0.1) is 0 Å². The molecule has 0 N–H and O–H groups in total. The maximum Gasteiger partial charge on any atom is 0.501 e. The standard InChI is InChI=1S/C10H8F3NO6S/c1-20-9(15)4-6-2-3-7(5-8(6)14(16)17)21(18,19)10(11,12)13/h2-3,5H,4H2,1H3.